The Bertz CT molecular complexity index is 583. The molecule has 1 rings (SSSR count). The van der Waals surface area contributed by atoms with Gasteiger partial charge in [0, 0.05) is 24.3 Å². The molecule has 7 nitrogen and oxygen atoms in total. The summed E-state index contributed by atoms with van der Waals surface area (Å²) in [5.41, 5.74) is 10.6. The second kappa shape index (κ2) is 7.96. The Hall–Kier alpha value is -2.09. The lowest BCUT2D eigenvalue weighted by molar-refractivity contribution is -0.153. The van der Waals surface area contributed by atoms with Crippen LogP contribution in [0, 0.1) is 0 Å². The summed E-state index contributed by atoms with van der Waals surface area (Å²) in [6, 6.07) is 0. The summed E-state index contributed by atoms with van der Waals surface area (Å²) in [7, 11) is 1.29. The molecule has 0 aromatic carbocycles. The lowest BCUT2D eigenvalue weighted by Gasteiger charge is -2.18. The first-order valence-electron chi connectivity index (χ1n) is 7.30. The SMILES string of the molecule is C=C(OCC(=O)NN(C)O)c1[nH]cc(CC(C)(C)N)c1/C=C\C. The molecule has 0 aliphatic heterocycles. The van der Waals surface area contributed by atoms with Crippen molar-refractivity contribution in [2.75, 3.05) is 13.7 Å². The molecule has 5 N–H and O–H groups in total. The van der Waals surface area contributed by atoms with Crippen LogP contribution in [-0.2, 0) is 16.0 Å². The minimum atomic E-state index is -0.487. The highest BCUT2D eigenvalue weighted by Gasteiger charge is 2.19. The van der Waals surface area contributed by atoms with E-state index in [0.29, 0.717) is 23.0 Å². The lowest BCUT2D eigenvalue weighted by Crippen LogP contribution is -2.38. The Morgan fingerprint density at radius 3 is 2.78 bits per heavy atom. The average molecular weight is 322 g/mol. The molecular formula is C16H26N4O3. The number of hydrazine groups is 1. The van der Waals surface area contributed by atoms with Gasteiger partial charge >= 0.3 is 0 Å². The molecule has 0 saturated carbocycles. The zero-order chi connectivity index (χ0) is 17.6. The highest BCUT2D eigenvalue weighted by molar-refractivity contribution is 5.78. The first-order valence-corrected chi connectivity index (χ1v) is 7.30. The van der Waals surface area contributed by atoms with Crippen molar-refractivity contribution in [1.29, 1.82) is 0 Å². The van der Waals surface area contributed by atoms with E-state index >= 15 is 0 Å². The molecule has 23 heavy (non-hydrogen) atoms. The highest BCUT2D eigenvalue weighted by Crippen LogP contribution is 2.25. The largest absolute Gasteiger partial charge is 0.482 e. The van der Waals surface area contributed by atoms with E-state index < -0.39 is 5.91 Å². The Morgan fingerprint density at radius 1 is 1.61 bits per heavy atom. The van der Waals surface area contributed by atoms with Crippen LogP contribution in [0.2, 0.25) is 0 Å². The first kappa shape index (κ1) is 19.0. The molecule has 0 atom stereocenters. The quantitative estimate of drug-likeness (QED) is 0.430. The maximum Gasteiger partial charge on any atom is 0.273 e. The van der Waals surface area contributed by atoms with Gasteiger partial charge in [-0.25, -0.2) is 0 Å². The Kier molecular flexibility index (Phi) is 6.56. The van der Waals surface area contributed by atoms with Gasteiger partial charge in [-0.2, -0.15) is 0 Å². The molecule has 0 saturated heterocycles. The molecular weight excluding hydrogens is 296 g/mol. The number of nitrogens with two attached hydrogens (primary N) is 1. The Balaban J connectivity index is 2.86. The van der Waals surface area contributed by atoms with Crippen LogP contribution in [0.4, 0.5) is 0 Å². The smallest absolute Gasteiger partial charge is 0.273 e. The van der Waals surface area contributed by atoms with Crippen LogP contribution in [0.3, 0.4) is 0 Å². The van der Waals surface area contributed by atoms with Gasteiger partial charge in [0.15, 0.2) is 6.61 Å². The summed E-state index contributed by atoms with van der Waals surface area (Å²) in [5.74, 6) is -0.145. The van der Waals surface area contributed by atoms with E-state index in [9.17, 15) is 4.79 Å². The number of rotatable bonds is 8. The number of ether oxygens (including phenoxy) is 1. The molecule has 128 valence electrons. The molecule has 1 heterocycles. The van der Waals surface area contributed by atoms with E-state index in [4.69, 9.17) is 15.7 Å². The third kappa shape index (κ3) is 6.27. The molecule has 0 aliphatic rings. The fraction of sp³-hybridized carbons (Fsp3) is 0.438. The summed E-state index contributed by atoms with van der Waals surface area (Å²) < 4.78 is 5.38. The zero-order valence-corrected chi connectivity index (χ0v) is 14.1. The lowest BCUT2D eigenvalue weighted by atomic mass is 9.94. The summed E-state index contributed by atoms with van der Waals surface area (Å²) in [6.07, 6.45) is 6.42. The third-order valence-corrected chi connectivity index (χ3v) is 2.93. The van der Waals surface area contributed by atoms with Crippen LogP contribution < -0.4 is 11.2 Å². The fourth-order valence-corrected chi connectivity index (χ4v) is 2.14. The van der Waals surface area contributed by atoms with Gasteiger partial charge in [0.2, 0.25) is 0 Å². The van der Waals surface area contributed by atoms with Gasteiger partial charge in [-0.3, -0.25) is 15.4 Å². The number of amides is 1. The summed E-state index contributed by atoms with van der Waals surface area (Å²) >= 11 is 0. The van der Waals surface area contributed by atoms with E-state index in [1.165, 1.54) is 7.05 Å². The van der Waals surface area contributed by atoms with Crippen molar-refractivity contribution in [3.63, 3.8) is 0 Å². The number of aromatic nitrogens is 1. The molecule has 0 bridgehead atoms. The Morgan fingerprint density at radius 2 is 2.26 bits per heavy atom. The van der Waals surface area contributed by atoms with Crippen LogP contribution >= 0.6 is 0 Å². The molecule has 0 spiro atoms. The van der Waals surface area contributed by atoms with Crippen LogP contribution in [-0.4, -0.2) is 40.5 Å². The number of hydrogen-bond donors (Lipinski definition) is 4. The van der Waals surface area contributed by atoms with Gasteiger partial charge in [-0.1, -0.05) is 18.7 Å². The number of hydrogen-bond acceptors (Lipinski definition) is 5. The first-order chi connectivity index (χ1) is 10.6. The predicted octanol–water partition coefficient (Wildman–Crippen LogP) is 1.67. The average Bonchev–Trinajstić information content (AvgIpc) is 2.77. The molecule has 1 amide bonds. The van der Waals surface area contributed by atoms with Crippen molar-refractivity contribution < 1.29 is 14.7 Å². The van der Waals surface area contributed by atoms with E-state index in [1.54, 1.807) is 0 Å². The van der Waals surface area contributed by atoms with E-state index in [-0.39, 0.29) is 12.1 Å². The highest BCUT2D eigenvalue weighted by atomic mass is 16.5. The molecule has 0 aliphatic carbocycles. The third-order valence-electron chi connectivity index (χ3n) is 2.93. The number of aromatic amines is 1. The van der Waals surface area contributed by atoms with Crippen LogP contribution in [0.25, 0.3) is 11.8 Å². The van der Waals surface area contributed by atoms with Crippen molar-refractivity contribution >= 4 is 17.7 Å². The van der Waals surface area contributed by atoms with Crippen molar-refractivity contribution in [2.45, 2.75) is 32.7 Å². The monoisotopic (exact) mass is 322 g/mol. The van der Waals surface area contributed by atoms with E-state index in [0.717, 1.165) is 11.1 Å². The molecule has 1 aromatic heterocycles. The van der Waals surface area contributed by atoms with E-state index in [1.807, 2.05) is 39.1 Å². The number of allylic oxidation sites excluding steroid dienone is 1. The van der Waals surface area contributed by atoms with Gasteiger partial charge < -0.3 is 15.5 Å². The van der Waals surface area contributed by atoms with E-state index in [2.05, 4.69) is 17.0 Å². The Labute approximate surface area is 136 Å². The van der Waals surface area contributed by atoms with Crippen molar-refractivity contribution in [1.82, 2.24) is 15.6 Å². The van der Waals surface area contributed by atoms with Gasteiger partial charge in [-0.05, 0) is 32.8 Å². The van der Waals surface area contributed by atoms with Gasteiger partial charge in [0.1, 0.15) is 5.76 Å². The van der Waals surface area contributed by atoms with Gasteiger partial charge in [0.25, 0.3) is 5.91 Å². The zero-order valence-electron chi connectivity index (χ0n) is 14.1. The van der Waals surface area contributed by atoms with Crippen LogP contribution in [0.5, 0.6) is 0 Å². The minimum Gasteiger partial charge on any atom is -0.482 e. The molecule has 1 aromatic rings. The summed E-state index contributed by atoms with van der Waals surface area (Å²) in [6.45, 7) is 9.44. The molecule has 0 fully saturated rings. The molecule has 0 radical (unpaired) electrons. The predicted molar refractivity (Wildman–Crippen MR) is 90.1 cm³/mol. The maximum absolute atomic E-state index is 11.5. The summed E-state index contributed by atoms with van der Waals surface area (Å²) in [4.78, 5) is 14.6. The molecule has 7 heteroatoms. The number of carbonyl (C=O) groups excluding carboxylic acids is 1. The topological polar surface area (TPSA) is 104 Å². The number of H-pyrrole nitrogens is 1. The number of nitrogens with one attached hydrogen (secondary N) is 2. The summed E-state index contributed by atoms with van der Waals surface area (Å²) in [5, 5.41) is 9.49. The standard InChI is InChI=1S/C16H26N4O3/c1-6-7-13-12(8-16(3,4)17)9-18-15(13)11(2)23-10-14(21)19-20(5)22/h6-7,9,18,22H,2,8,10,17H2,1,3-5H3,(H,19,21)/b7-6-. The number of carbonyl (C=O) groups is 1. The van der Waals surface area contributed by atoms with Crippen LogP contribution in [0.1, 0.15) is 37.6 Å². The van der Waals surface area contributed by atoms with Crippen molar-refractivity contribution in [3.05, 3.63) is 35.7 Å². The second-order valence-corrected chi connectivity index (χ2v) is 6.04. The normalized spacial score (nSPS) is 12.0. The fourth-order valence-electron chi connectivity index (χ4n) is 2.14. The molecule has 0 unspecified atom stereocenters. The van der Waals surface area contributed by atoms with Gasteiger partial charge in [0.05, 0.1) is 5.69 Å². The number of nitrogens with zero attached hydrogens (tertiary/aromatic N) is 1. The van der Waals surface area contributed by atoms with Gasteiger partial charge in [-0.15, -0.1) is 5.17 Å². The second-order valence-electron chi connectivity index (χ2n) is 6.04. The van der Waals surface area contributed by atoms with Crippen LogP contribution in [0.15, 0.2) is 18.9 Å². The maximum atomic E-state index is 11.5. The van der Waals surface area contributed by atoms with Crippen molar-refractivity contribution in [2.24, 2.45) is 5.73 Å². The number of hydroxylamine groups is 1. The van der Waals surface area contributed by atoms with Crippen molar-refractivity contribution in [3.8, 4) is 0 Å². The minimum absolute atomic E-state index is 0.254.